The first-order valence-corrected chi connectivity index (χ1v) is 32.1. The second-order valence-electron chi connectivity index (χ2n) is 22.4. The number of pyridine rings is 2. The number of fused-ring (bicyclic) bond motifs is 1. The number of unbranched alkanes of at least 4 members (excludes halogenated alkanes) is 24. The van der Waals surface area contributed by atoms with Crippen molar-refractivity contribution in [1.29, 1.82) is 0 Å². The van der Waals surface area contributed by atoms with Crippen LogP contribution >= 0.6 is 22.7 Å². The third-order valence-corrected chi connectivity index (χ3v) is 18.3. The normalized spacial score (nSPS) is 14.6. The Labute approximate surface area is 458 Å². The van der Waals surface area contributed by atoms with Gasteiger partial charge in [-0.2, -0.15) is 0 Å². The van der Waals surface area contributed by atoms with Crippen LogP contribution in [-0.4, -0.2) is 44.7 Å². The number of nitrogens with zero attached hydrogens (tertiary/aromatic N) is 4. The van der Waals surface area contributed by atoms with E-state index in [9.17, 15) is 0 Å². The average molecular weight is 1040 g/mol. The number of aromatic nitrogens is 2. The van der Waals surface area contributed by atoms with E-state index in [2.05, 4.69) is 84.0 Å². The fraction of sp³-hybridized carbons (Fsp3) is 0.636. The zero-order valence-corrected chi connectivity index (χ0v) is 49.0. The van der Waals surface area contributed by atoms with Gasteiger partial charge in [-0.15, -0.1) is 22.7 Å². The highest BCUT2D eigenvalue weighted by Crippen LogP contribution is 2.48. The summed E-state index contributed by atoms with van der Waals surface area (Å²) in [5.74, 6) is 0.579. The lowest BCUT2D eigenvalue weighted by Gasteiger charge is -2.30. The van der Waals surface area contributed by atoms with Gasteiger partial charge in [-0.1, -0.05) is 214 Å². The summed E-state index contributed by atoms with van der Waals surface area (Å²) >= 11 is 3.62. The first-order valence-electron chi connectivity index (χ1n) is 30.5. The minimum absolute atomic E-state index is 0.0531. The minimum atomic E-state index is -0.0531. The maximum Gasteiger partial charge on any atom is 0.261 e. The Hall–Kier alpha value is -3.88. The Morgan fingerprint density at radius 1 is 0.405 bits per heavy atom. The zero-order chi connectivity index (χ0) is 52.3. The van der Waals surface area contributed by atoms with E-state index in [1.54, 1.807) is 11.3 Å². The van der Waals surface area contributed by atoms with Gasteiger partial charge >= 0.3 is 0 Å². The molecule has 0 bridgehead atoms. The average Bonchev–Trinajstić information content (AvgIpc) is 4.20. The molecule has 2 amide bonds. The van der Waals surface area contributed by atoms with Crippen LogP contribution in [-0.2, 0) is 9.59 Å². The Morgan fingerprint density at radius 3 is 1.14 bits per heavy atom. The van der Waals surface area contributed by atoms with Gasteiger partial charge in [-0.05, 0) is 99.4 Å². The van der Waals surface area contributed by atoms with Crippen LogP contribution in [0.5, 0.6) is 0 Å². The van der Waals surface area contributed by atoms with Crippen LogP contribution in [0.1, 0.15) is 255 Å². The molecule has 6 heterocycles. The molecule has 6 nitrogen and oxygen atoms in total. The summed E-state index contributed by atoms with van der Waals surface area (Å²) in [4.78, 5) is 50.8. The lowest BCUT2D eigenvalue weighted by Crippen LogP contribution is -2.35. The monoisotopic (exact) mass is 1040 g/mol. The molecule has 406 valence electrons. The third kappa shape index (κ3) is 18.1. The number of amides is 2. The van der Waals surface area contributed by atoms with Crippen molar-refractivity contribution < 1.29 is 9.59 Å². The molecule has 4 aromatic heterocycles. The molecule has 0 fully saturated rings. The van der Waals surface area contributed by atoms with E-state index in [0.29, 0.717) is 58.9 Å². The van der Waals surface area contributed by atoms with Gasteiger partial charge in [0, 0.05) is 50.6 Å². The van der Waals surface area contributed by atoms with Gasteiger partial charge < -0.3 is 9.80 Å². The van der Waals surface area contributed by atoms with Gasteiger partial charge in [0.15, 0.2) is 0 Å². The van der Waals surface area contributed by atoms with Crippen molar-refractivity contribution in [2.45, 2.75) is 247 Å². The van der Waals surface area contributed by atoms with Crippen molar-refractivity contribution >= 4 is 45.9 Å². The van der Waals surface area contributed by atoms with Crippen LogP contribution in [0, 0.1) is 25.7 Å². The van der Waals surface area contributed by atoms with E-state index < -0.39 is 0 Å². The number of aryl methyl sites for hydroxylation is 2. The molecule has 0 saturated carbocycles. The van der Waals surface area contributed by atoms with Crippen molar-refractivity contribution in [2.24, 2.45) is 11.8 Å². The van der Waals surface area contributed by atoms with E-state index >= 15 is 9.59 Å². The molecule has 2 aliphatic heterocycles. The first kappa shape index (κ1) is 59.4. The topological polar surface area (TPSA) is 66.4 Å². The molecule has 0 aliphatic carbocycles. The number of carbonyl (C=O) groups is 2. The van der Waals surface area contributed by atoms with Crippen molar-refractivity contribution in [1.82, 2.24) is 19.8 Å². The lowest BCUT2D eigenvalue weighted by molar-refractivity contribution is -0.124. The van der Waals surface area contributed by atoms with Crippen LogP contribution in [0.15, 0.2) is 72.1 Å². The van der Waals surface area contributed by atoms with Gasteiger partial charge in [-0.3, -0.25) is 19.6 Å². The van der Waals surface area contributed by atoms with Crippen molar-refractivity contribution in [3.63, 3.8) is 0 Å². The molecule has 0 N–H and O–H groups in total. The van der Waals surface area contributed by atoms with E-state index in [1.807, 2.05) is 39.6 Å². The van der Waals surface area contributed by atoms with Crippen LogP contribution < -0.4 is 0 Å². The molecule has 0 spiro atoms. The fourth-order valence-corrected chi connectivity index (χ4v) is 13.4. The molecule has 6 rings (SSSR count). The standard InChI is InChI=1S/C66H98N4O2S2/c1-7-11-15-19-23-25-29-33-37-53(35-31-27-21-17-13-9-3)49-69-63(56-42-39-51(5)47-67-56)61-62(66(69)72)64(57-43-41-55(48-68-57)58-45-46-60(74-58)59-44-40-52(6)73-59)70(65(61)71)50-54(36-32-28-22-18-14-10-4)38-34-30-26-24-20-16-12-8-2/h39-48,53-54H,7-38,49-50H2,1-6H3. The molecule has 2 atom stereocenters. The highest BCUT2D eigenvalue weighted by atomic mass is 32.1. The quantitative estimate of drug-likeness (QED) is 0.0416. The minimum Gasteiger partial charge on any atom is -0.305 e. The third-order valence-electron chi connectivity index (χ3n) is 16.0. The number of hydrogen-bond donors (Lipinski definition) is 0. The summed E-state index contributed by atoms with van der Waals surface area (Å²) in [5, 5.41) is 0. The van der Waals surface area contributed by atoms with E-state index in [-0.39, 0.29) is 11.8 Å². The molecular weight excluding hydrogens is 945 g/mol. The van der Waals surface area contributed by atoms with E-state index in [4.69, 9.17) is 9.97 Å². The van der Waals surface area contributed by atoms with E-state index in [1.165, 1.54) is 194 Å². The van der Waals surface area contributed by atoms with Gasteiger partial charge in [0.2, 0.25) is 0 Å². The molecule has 2 aliphatic rings. The number of rotatable bonds is 40. The number of hydrogen-bond acceptors (Lipinski definition) is 6. The summed E-state index contributed by atoms with van der Waals surface area (Å²) in [6.07, 6.45) is 43.9. The van der Waals surface area contributed by atoms with Crippen LogP contribution in [0.2, 0.25) is 0 Å². The molecule has 4 aromatic rings. The van der Waals surface area contributed by atoms with Crippen LogP contribution in [0.25, 0.3) is 31.6 Å². The second kappa shape index (κ2) is 33.3. The second-order valence-corrected chi connectivity index (χ2v) is 24.7. The number of thiophene rings is 2. The van der Waals surface area contributed by atoms with Crippen molar-refractivity contribution in [3.05, 3.63) is 93.9 Å². The number of carbonyl (C=O) groups excluding carboxylic acids is 2. The highest BCUT2D eigenvalue weighted by molar-refractivity contribution is 7.23. The van der Waals surface area contributed by atoms with Crippen molar-refractivity contribution in [3.8, 4) is 20.2 Å². The molecule has 0 aromatic carbocycles. The van der Waals surface area contributed by atoms with Gasteiger partial charge in [0.25, 0.3) is 11.8 Å². The van der Waals surface area contributed by atoms with Crippen LogP contribution in [0.4, 0.5) is 0 Å². The summed E-state index contributed by atoms with van der Waals surface area (Å²) in [5.41, 5.74) is 6.02. The maximum atomic E-state index is 15.7. The molecule has 8 heteroatoms. The molecule has 74 heavy (non-hydrogen) atoms. The Morgan fingerprint density at radius 2 is 0.770 bits per heavy atom. The van der Waals surface area contributed by atoms with Crippen LogP contribution in [0.3, 0.4) is 0 Å². The Balaban J connectivity index is 1.35. The Kier molecular flexibility index (Phi) is 26.7. The van der Waals surface area contributed by atoms with Crippen molar-refractivity contribution in [2.75, 3.05) is 13.1 Å². The summed E-state index contributed by atoms with van der Waals surface area (Å²) in [7, 11) is 0. The van der Waals surface area contributed by atoms with E-state index in [0.717, 1.165) is 41.7 Å². The summed E-state index contributed by atoms with van der Waals surface area (Å²) < 4.78 is 0. The highest BCUT2D eigenvalue weighted by Gasteiger charge is 2.50. The van der Waals surface area contributed by atoms with Gasteiger partial charge in [0.1, 0.15) is 0 Å². The fourth-order valence-electron chi connectivity index (χ4n) is 11.5. The molecule has 0 saturated heterocycles. The maximum absolute atomic E-state index is 15.7. The predicted molar refractivity (Wildman–Crippen MR) is 319 cm³/mol. The first-order chi connectivity index (χ1) is 36.3. The SMILES string of the molecule is CCCCCCCCCCC(CCCCCCCC)CN1C(=O)C2=C(c3ccc(-c4ccc(-c5ccc(C)s5)s4)cn3)N(CC(CCCCCCCC)CCCCCCCCCC)C(=O)C2=C1c1ccc(C)cn1. The van der Waals surface area contributed by atoms with Gasteiger partial charge in [0.05, 0.1) is 33.9 Å². The smallest absolute Gasteiger partial charge is 0.261 e. The predicted octanol–water partition coefficient (Wildman–Crippen LogP) is 20.2. The Bertz CT molecular complexity index is 2300. The largest absolute Gasteiger partial charge is 0.305 e. The van der Waals surface area contributed by atoms with Gasteiger partial charge in [-0.25, -0.2) is 0 Å². The molecular formula is C66H98N4O2S2. The lowest BCUT2D eigenvalue weighted by atomic mass is 9.93. The molecule has 2 unspecified atom stereocenters. The molecule has 0 radical (unpaired) electrons. The summed E-state index contributed by atoms with van der Waals surface area (Å²) in [6.45, 7) is 14.6. The summed E-state index contributed by atoms with van der Waals surface area (Å²) in [6, 6.07) is 17.2. The zero-order valence-electron chi connectivity index (χ0n) is 47.4.